The number of H-pyrrole nitrogens is 1. The van der Waals surface area contributed by atoms with Gasteiger partial charge in [-0.05, 0) is 57.1 Å². The van der Waals surface area contributed by atoms with Gasteiger partial charge in [0.1, 0.15) is 16.7 Å². The molecule has 0 radical (unpaired) electrons. The molecule has 3 rings (SSSR count). The molecule has 6 heteroatoms. The molecular formula is C23H29N3O2S. The van der Waals surface area contributed by atoms with Gasteiger partial charge in [-0.2, -0.15) is 0 Å². The van der Waals surface area contributed by atoms with Gasteiger partial charge in [-0.1, -0.05) is 44.2 Å². The summed E-state index contributed by atoms with van der Waals surface area (Å²) in [5.74, 6) is 0.206. The van der Waals surface area contributed by atoms with E-state index in [9.17, 15) is 9.00 Å². The minimum absolute atomic E-state index is 0.0382. The van der Waals surface area contributed by atoms with Crippen molar-refractivity contribution in [3.63, 3.8) is 0 Å². The van der Waals surface area contributed by atoms with Crippen LogP contribution in [-0.2, 0) is 11.0 Å². The van der Waals surface area contributed by atoms with Gasteiger partial charge in [-0.3, -0.25) is 4.79 Å². The second-order valence-corrected chi connectivity index (χ2v) is 9.71. The largest absolute Gasteiger partial charge is 0.350 e. The third-order valence-electron chi connectivity index (χ3n) is 4.81. The molecule has 0 fully saturated rings. The maximum atomic E-state index is 13.0. The lowest BCUT2D eigenvalue weighted by molar-refractivity contribution is 0.0939. The normalized spacial score (nSPS) is 12.9. The Labute approximate surface area is 175 Å². The summed E-state index contributed by atoms with van der Waals surface area (Å²) >= 11 is 0. The molecule has 154 valence electrons. The smallest absolute Gasteiger partial charge is 0.268 e. The lowest BCUT2D eigenvalue weighted by atomic mass is 9.97. The Bertz CT molecular complexity index is 1050. The first-order valence-corrected chi connectivity index (χ1v) is 11.0. The molecule has 0 saturated carbocycles. The van der Waals surface area contributed by atoms with E-state index in [0.29, 0.717) is 11.6 Å². The number of benzene rings is 2. The van der Waals surface area contributed by atoms with Crippen molar-refractivity contribution in [3.8, 4) is 11.1 Å². The molecule has 3 aromatic rings. The number of para-hydroxylation sites is 1. The summed E-state index contributed by atoms with van der Waals surface area (Å²) in [6.45, 7) is 8.19. The number of carbonyl (C=O) groups is 1. The van der Waals surface area contributed by atoms with Crippen LogP contribution in [0.3, 0.4) is 0 Å². The molecule has 0 spiro atoms. The molecule has 1 amide bonds. The van der Waals surface area contributed by atoms with Gasteiger partial charge >= 0.3 is 0 Å². The number of aromatic nitrogens is 1. The van der Waals surface area contributed by atoms with E-state index in [2.05, 4.69) is 30.2 Å². The van der Waals surface area contributed by atoms with E-state index in [1.54, 1.807) is 18.4 Å². The van der Waals surface area contributed by atoms with Gasteiger partial charge in [-0.25, -0.2) is 8.51 Å². The van der Waals surface area contributed by atoms with Crippen LogP contribution in [-0.4, -0.2) is 39.5 Å². The maximum Gasteiger partial charge on any atom is 0.268 e. The van der Waals surface area contributed by atoms with E-state index >= 15 is 0 Å². The zero-order valence-electron chi connectivity index (χ0n) is 17.9. The lowest BCUT2D eigenvalue weighted by Crippen LogP contribution is -2.30. The van der Waals surface area contributed by atoms with Crippen LogP contribution in [0.4, 0.5) is 0 Å². The fraction of sp³-hybridized carbons (Fsp3) is 0.348. The van der Waals surface area contributed by atoms with E-state index in [1.165, 1.54) is 5.56 Å². The molecule has 29 heavy (non-hydrogen) atoms. The van der Waals surface area contributed by atoms with Gasteiger partial charge in [0.05, 0.1) is 10.4 Å². The van der Waals surface area contributed by atoms with E-state index < -0.39 is 11.0 Å². The Kier molecular flexibility index (Phi) is 6.24. The first-order valence-electron chi connectivity index (χ1n) is 9.85. The third-order valence-corrected chi connectivity index (χ3v) is 6.15. The molecule has 1 atom stereocenters. The number of aromatic amines is 1. The Morgan fingerprint density at radius 3 is 2.24 bits per heavy atom. The number of carbonyl (C=O) groups excluding carboxylic acids is 1. The first kappa shape index (κ1) is 21.3. The zero-order valence-corrected chi connectivity index (χ0v) is 18.7. The average Bonchev–Trinajstić information content (AvgIpc) is 3.06. The molecule has 5 nitrogen and oxygen atoms in total. The Balaban J connectivity index is 2.20. The van der Waals surface area contributed by atoms with Gasteiger partial charge in [0.2, 0.25) is 0 Å². The van der Waals surface area contributed by atoms with E-state index in [1.807, 2.05) is 50.2 Å². The molecule has 0 bridgehead atoms. The van der Waals surface area contributed by atoms with E-state index in [4.69, 9.17) is 0 Å². The van der Waals surface area contributed by atoms with Crippen LogP contribution < -0.4 is 5.32 Å². The molecule has 1 heterocycles. The lowest BCUT2D eigenvalue weighted by Gasteiger charge is -2.11. The number of nitrogens with one attached hydrogen (secondary N) is 2. The molecule has 0 aliphatic rings. The highest BCUT2D eigenvalue weighted by molar-refractivity contribution is 7.82. The fourth-order valence-electron chi connectivity index (χ4n) is 3.47. The van der Waals surface area contributed by atoms with Crippen LogP contribution in [0, 0.1) is 0 Å². The van der Waals surface area contributed by atoms with Crippen molar-refractivity contribution in [2.75, 3.05) is 14.1 Å². The standard InChI is InChI=1S/C23H29N3O2S/c1-14(2)18-8-7-9-19-20(22(25-21(18)19)23(27)24-15(3)4)16-10-12-17(13-11-16)29(28)26(5)6/h7-15,25H,1-6H3,(H,24,27). The number of rotatable bonds is 6. The van der Waals surface area contributed by atoms with Gasteiger partial charge in [-0.15, -0.1) is 0 Å². The number of hydrogen-bond donors (Lipinski definition) is 2. The summed E-state index contributed by atoms with van der Waals surface area (Å²) in [5, 5.41) is 4.02. The number of amides is 1. The summed E-state index contributed by atoms with van der Waals surface area (Å²) < 4.78 is 14.0. The predicted octanol–water partition coefficient (Wildman–Crippen LogP) is 4.68. The maximum absolute atomic E-state index is 13.0. The second kappa shape index (κ2) is 8.51. The number of fused-ring (bicyclic) bond motifs is 1. The summed E-state index contributed by atoms with van der Waals surface area (Å²) in [6.07, 6.45) is 0. The van der Waals surface area contributed by atoms with Crippen molar-refractivity contribution < 1.29 is 9.00 Å². The molecule has 2 N–H and O–H groups in total. The number of hydrogen-bond acceptors (Lipinski definition) is 2. The van der Waals surface area contributed by atoms with Crippen LogP contribution >= 0.6 is 0 Å². The van der Waals surface area contributed by atoms with Crippen molar-refractivity contribution in [1.82, 2.24) is 14.6 Å². The molecule has 0 aliphatic carbocycles. The summed E-state index contributed by atoms with van der Waals surface area (Å²) in [5.41, 5.74) is 4.53. The van der Waals surface area contributed by atoms with Gasteiger partial charge in [0.15, 0.2) is 0 Å². The molecule has 1 unspecified atom stereocenters. The van der Waals surface area contributed by atoms with Gasteiger partial charge in [0.25, 0.3) is 5.91 Å². The van der Waals surface area contributed by atoms with Crippen LogP contribution in [0.15, 0.2) is 47.4 Å². The summed E-state index contributed by atoms with van der Waals surface area (Å²) in [7, 11) is 2.36. The van der Waals surface area contributed by atoms with E-state index in [-0.39, 0.29) is 11.9 Å². The molecule has 2 aromatic carbocycles. The van der Waals surface area contributed by atoms with Gasteiger partial charge < -0.3 is 10.3 Å². The number of nitrogens with zero attached hydrogens (tertiary/aromatic N) is 1. The van der Waals surface area contributed by atoms with Crippen LogP contribution in [0.5, 0.6) is 0 Å². The Morgan fingerprint density at radius 2 is 1.69 bits per heavy atom. The molecule has 0 saturated heterocycles. The van der Waals surface area contributed by atoms with Gasteiger partial charge in [0, 0.05) is 17.0 Å². The summed E-state index contributed by atoms with van der Waals surface area (Å²) in [6, 6.07) is 13.8. The average molecular weight is 412 g/mol. The SMILES string of the molecule is CC(C)NC(=O)c1[nH]c2c(C(C)C)cccc2c1-c1ccc(S(=O)N(C)C)cc1. The topological polar surface area (TPSA) is 65.2 Å². The van der Waals surface area contributed by atoms with E-state index in [0.717, 1.165) is 26.9 Å². The Hall–Kier alpha value is -2.44. The third kappa shape index (κ3) is 4.28. The van der Waals surface area contributed by atoms with Crippen molar-refractivity contribution in [3.05, 3.63) is 53.7 Å². The minimum atomic E-state index is -1.20. The van der Waals surface area contributed by atoms with Crippen molar-refractivity contribution in [1.29, 1.82) is 0 Å². The first-order chi connectivity index (χ1) is 13.7. The summed E-state index contributed by atoms with van der Waals surface area (Å²) in [4.78, 5) is 17.1. The monoisotopic (exact) mass is 411 g/mol. The highest BCUT2D eigenvalue weighted by atomic mass is 32.2. The minimum Gasteiger partial charge on any atom is -0.350 e. The predicted molar refractivity (Wildman–Crippen MR) is 121 cm³/mol. The molecular weight excluding hydrogens is 382 g/mol. The van der Waals surface area contributed by atoms with Crippen molar-refractivity contribution in [2.45, 2.75) is 44.6 Å². The van der Waals surface area contributed by atoms with Crippen LogP contribution in [0.25, 0.3) is 22.0 Å². The fourth-order valence-corrected chi connectivity index (χ4v) is 4.27. The van der Waals surface area contributed by atoms with Crippen LogP contribution in [0.2, 0.25) is 0 Å². The quantitative estimate of drug-likeness (QED) is 0.618. The molecule has 1 aromatic heterocycles. The van der Waals surface area contributed by atoms with Crippen molar-refractivity contribution in [2.24, 2.45) is 0 Å². The second-order valence-electron chi connectivity index (χ2n) is 8.01. The highest BCUT2D eigenvalue weighted by Crippen LogP contribution is 2.36. The zero-order chi connectivity index (χ0) is 21.3. The van der Waals surface area contributed by atoms with Crippen molar-refractivity contribution >= 4 is 27.8 Å². The Morgan fingerprint density at radius 1 is 1.03 bits per heavy atom. The highest BCUT2D eigenvalue weighted by Gasteiger charge is 2.22. The van der Waals surface area contributed by atoms with Crippen LogP contribution in [0.1, 0.15) is 49.7 Å². The molecule has 0 aliphatic heterocycles.